The Hall–Kier alpha value is -4.90. The zero-order valence-electron chi connectivity index (χ0n) is 26.7. The van der Waals surface area contributed by atoms with Crippen LogP contribution < -0.4 is 29.3 Å². The molecule has 1 amide bonds. The quantitative estimate of drug-likeness (QED) is 0.231. The number of anilines is 5. The lowest BCUT2D eigenvalue weighted by molar-refractivity contribution is 0.209. The highest BCUT2D eigenvalue weighted by molar-refractivity contribution is 5.98. The van der Waals surface area contributed by atoms with Crippen molar-refractivity contribution in [2.45, 2.75) is 33.7 Å². The Balaban J connectivity index is 1.47. The maximum atomic E-state index is 15.3. The van der Waals surface area contributed by atoms with Crippen LogP contribution in [-0.4, -0.2) is 67.9 Å². The second kappa shape index (κ2) is 13.4. The number of nitrogens with zero attached hydrogens (tertiary/aromatic N) is 5. The van der Waals surface area contributed by atoms with Crippen LogP contribution in [0.4, 0.5) is 38.0 Å². The van der Waals surface area contributed by atoms with Crippen molar-refractivity contribution in [2.75, 3.05) is 56.0 Å². The molecule has 1 aliphatic rings. The standard InChI is InChI=1S/C34H39FN6O4/c1-21-16-22(2)32(23(3)17-21)45-34(42)41(29-11-9-26(43-6)19-30(29)44-7)31-12-13-36-33(38-31)37-25-8-10-28(27(35)18-25)40-15-14-39(5)24(4)20-40/h8-13,16-19,24H,14-15,20H2,1-7H3,(H,36,37,38). The lowest BCUT2D eigenvalue weighted by Gasteiger charge is -2.39. The van der Waals surface area contributed by atoms with E-state index in [0.717, 1.165) is 36.3 Å². The highest BCUT2D eigenvalue weighted by atomic mass is 19.1. The molecule has 4 aromatic rings. The molecule has 0 saturated carbocycles. The highest BCUT2D eigenvalue weighted by Crippen LogP contribution is 2.38. The first-order valence-corrected chi connectivity index (χ1v) is 14.7. The molecule has 45 heavy (non-hydrogen) atoms. The lowest BCUT2D eigenvalue weighted by Crippen LogP contribution is -2.50. The molecule has 3 aromatic carbocycles. The second-order valence-electron chi connectivity index (χ2n) is 11.3. The van der Waals surface area contributed by atoms with E-state index in [1.54, 1.807) is 43.5 Å². The Bertz CT molecular complexity index is 1680. The molecular weight excluding hydrogens is 575 g/mol. The number of likely N-dealkylation sites (N-methyl/N-ethyl adjacent to an activating group) is 1. The minimum absolute atomic E-state index is 0.167. The van der Waals surface area contributed by atoms with Gasteiger partial charge in [0.25, 0.3) is 0 Å². The van der Waals surface area contributed by atoms with Crippen LogP contribution in [0.2, 0.25) is 0 Å². The van der Waals surface area contributed by atoms with Crippen molar-refractivity contribution in [3.8, 4) is 17.2 Å². The van der Waals surface area contributed by atoms with Gasteiger partial charge in [0.15, 0.2) is 0 Å². The average Bonchev–Trinajstić information content (AvgIpc) is 3.01. The third-order valence-corrected chi connectivity index (χ3v) is 7.98. The number of ether oxygens (including phenoxy) is 3. The minimum Gasteiger partial charge on any atom is -0.497 e. The summed E-state index contributed by atoms with van der Waals surface area (Å²) in [6, 6.07) is 15.9. The Labute approximate surface area is 263 Å². The van der Waals surface area contributed by atoms with Gasteiger partial charge in [-0.1, -0.05) is 17.7 Å². The van der Waals surface area contributed by atoms with Gasteiger partial charge in [0.05, 0.1) is 25.6 Å². The first-order valence-electron chi connectivity index (χ1n) is 14.7. The summed E-state index contributed by atoms with van der Waals surface area (Å²) in [4.78, 5) is 28.5. The number of amides is 1. The molecule has 0 radical (unpaired) electrons. The van der Waals surface area contributed by atoms with Crippen LogP contribution in [0.3, 0.4) is 0 Å². The number of rotatable bonds is 8. The van der Waals surface area contributed by atoms with E-state index in [1.807, 2.05) is 32.9 Å². The summed E-state index contributed by atoms with van der Waals surface area (Å²) in [5.74, 6) is 1.42. The summed E-state index contributed by atoms with van der Waals surface area (Å²) in [5, 5.41) is 3.08. The predicted molar refractivity (Wildman–Crippen MR) is 174 cm³/mol. The molecule has 0 spiro atoms. The molecule has 2 heterocycles. The minimum atomic E-state index is -0.699. The fourth-order valence-corrected chi connectivity index (χ4v) is 5.52. The number of carbonyl (C=O) groups excluding carboxylic acids is 1. The molecule has 0 bridgehead atoms. The number of methoxy groups -OCH3 is 2. The molecular formula is C34H39FN6O4. The molecule has 1 N–H and O–H groups in total. The number of aromatic nitrogens is 2. The zero-order chi connectivity index (χ0) is 32.2. The Morgan fingerprint density at radius 2 is 1.76 bits per heavy atom. The van der Waals surface area contributed by atoms with Crippen LogP contribution >= 0.6 is 0 Å². The fourth-order valence-electron chi connectivity index (χ4n) is 5.52. The largest absolute Gasteiger partial charge is 0.497 e. The first kappa shape index (κ1) is 31.5. The number of nitrogens with one attached hydrogen (secondary N) is 1. The monoisotopic (exact) mass is 614 g/mol. The van der Waals surface area contributed by atoms with E-state index in [-0.39, 0.29) is 17.6 Å². The number of hydrogen-bond donors (Lipinski definition) is 1. The number of piperazine rings is 1. The van der Waals surface area contributed by atoms with Crippen molar-refractivity contribution in [3.05, 3.63) is 83.3 Å². The van der Waals surface area contributed by atoms with E-state index >= 15 is 4.39 Å². The average molecular weight is 615 g/mol. The van der Waals surface area contributed by atoms with Crippen molar-refractivity contribution < 1.29 is 23.4 Å². The van der Waals surface area contributed by atoms with E-state index in [4.69, 9.17) is 14.2 Å². The van der Waals surface area contributed by atoms with Gasteiger partial charge in [-0.3, -0.25) is 0 Å². The van der Waals surface area contributed by atoms with Crippen LogP contribution in [0.1, 0.15) is 23.6 Å². The van der Waals surface area contributed by atoms with Gasteiger partial charge in [0.2, 0.25) is 5.95 Å². The summed E-state index contributed by atoms with van der Waals surface area (Å²) in [5.41, 5.74) is 4.11. The van der Waals surface area contributed by atoms with Crippen LogP contribution in [0.5, 0.6) is 17.2 Å². The highest BCUT2D eigenvalue weighted by Gasteiger charge is 2.27. The Morgan fingerprint density at radius 3 is 2.42 bits per heavy atom. The van der Waals surface area contributed by atoms with Crippen LogP contribution in [0.15, 0.2) is 60.8 Å². The molecule has 236 valence electrons. The third kappa shape index (κ3) is 6.93. The van der Waals surface area contributed by atoms with Crippen LogP contribution in [0.25, 0.3) is 0 Å². The van der Waals surface area contributed by atoms with Crippen molar-refractivity contribution in [1.29, 1.82) is 0 Å². The molecule has 1 aliphatic heterocycles. The van der Waals surface area contributed by atoms with Gasteiger partial charge in [0.1, 0.15) is 28.9 Å². The Morgan fingerprint density at radius 1 is 1.00 bits per heavy atom. The van der Waals surface area contributed by atoms with E-state index in [2.05, 4.69) is 39.1 Å². The van der Waals surface area contributed by atoms with Gasteiger partial charge in [0, 0.05) is 49.7 Å². The number of halogens is 1. The maximum absolute atomic E-state index is 15.3. The predicted octanol–water partition coefficient (Wildman–Crippen LogP) is 6.78. The normalized spacial score (nSPS) is 15.0. The van der Waals surface area contributed by atoms with Gasteiger partial charge in [-0.25, -0.2) is 19.1 Å². The molecule has 0 aliphatic carbocycles. The van der Waals surface area contributed by atoms with Crippen LogP contribution in [-0.2, 0) is 0 Å². The number of aryl methyl sites for hydroxylation is 3. The van der Waals surface area contributed by atoms with Crippen molar-refractivity contribution >= 4 is 34.9 Å². The summed E-state index contributed by atoms with van der Waals surface area (Å²) in [6.45, 7) is 10.3. The van der Waals surface area contributed by atoms with E-state index < -0.39 is 6.09 Å². The lowest BCUT2D eigenvalue weighted by atomic mass is 10.1. The van der Waals surface area contributed by atoms with Gasteiger partial charge in [-0.15, -0.1) is 0 Å². The summed E-state index contributed by atoms with van der Waals surface area (Å²) < 4.78 is 32.3. The third-order valence-electron chi connectivity index (χ3n) is 7.98. The van der Waals surface area contributed by atoms with Crippen LogP contribution in [0, 0.1) is 26.6 Å². The van der Waals surface area contributed by atoms with Gasteiger partial charge >= 0.3 is 6.09 Å². The molecule has 1 aromatic heterocycles. The number of hydrogen-bond acceptors (Lipinski definition) is 9. The Kier molecular flexibility index (Phi) is 9.38. The molecule has 5 rings (SSSR count). The molecule has 1 atom stereocenters. The number of carbonyl (C=O) groups is 1. The maximum Gasteiger partial charge on any atom is 0.425 e. The SMILES string of the molecule is COc1ccc(N(C(=O)Oc2c(C)cc(C)cc2C)c2ccnc(Nc3ccc(N4CCN(C)C(C)C4)c(F)c3)n2)c(OC)c1. The van der Waals surface area contributed by atoms with Gasteiger partial charge < -0.3 is 29.3 Å². The van der Waals surface area contributed by atoms with Gasteiger partial charge in [-0.2, -0.15) is 4.98 Å². The zero-order valence-corrected chi connectivity index (χ0v) is 26.7. The molecule has 1 fully saturated rings. The van der Waals surface area contributed by atoms with E-state index in [1.165, 1.54) is 24.3 Å². The van der Waals surface area contributed by atoms with Gasteiger partial charge in [-0.05, 0) is 76.2 Å². The molecule has 1 saturated heterocycles. The van der Waals surface area contributed by atoms with Crippen molar-refractivity contribution in [1.82, 2.24) is 14.9 Å². The molecule has 11 heteroatoms. The molecule has 10 nitrogen and oxygen atoms in total. The summed E-state index contributed by atoms with van der Waals surface area (Å²) in [7, 11) is 5.13. The fraction of sp³-hybridized carbons (Fsp3) is 0.324. The summed E-state index contributed by atoms with van der Waals surface area (Å²) >= 11 is 0. The van der Waals surface area contributed by atoms with Crippen molar-refractivity contribution in [2.24, 2.45) is 0 Å². The topological polar surface area (TPSA) is 92.3 Å². The van der Waals surface area contributed by atoms with Crippen molar-refractivity contribution in [3.63, 3.8) is 0 Å². The smallest absolute Gasteiger partial charge is 0.425 e. The number of benzene rings is 3. The van der Waals surface area contributed by atoms with E-state index in [0.29, 0.717) is 40.4 Å². The summed E-state index contributed by atoms with van der Waals surface area (Å²) in [6.07, 6.45) is 0.814. The molecule has 1 unspecified atom stereocenters. The second-order valence-corrected chi connectivity index (χ2v) is 11.3. The first-order chi connectivity index (χ1) is 21.6. The van der Waals surface area contributed by atoms with E-state index in [9.17, 15) is 4.79 Å².